The first-order chi connectivity index (χ1) is 16.4. The van der Waals surface area contributed by atoms with Crippen molar-refractivity contribution in [2.24, 2.45) is 5.92 Å². The Kier molecular flexibility index (Phi) is 6.31. The average Bonchev–Trinajstić information content (AvgIpc) is 3.24. The lowest BCUT2D eigenvalue weighted by Crippen LogP contribution is -2.34. The molecule has 5 rings (SSSR count). The van der Waals surface area contributed by atoms with Gasteiger partial charge in [-0.05, 0) is 56.3 Å². The highest BCUT2D eigenvalue weighted by Crippen LogP contribution is 2.39. The van der Waals surface area contributed by atoms with Crippen molar-refractivity contribution in [2.75, 3.05) is 29.9 Å². The van der Waals surface area contributed by atoms with Crippen LogP contribution in [0.25, 0.3) is 11.0 Å². The molecule has 2 atom stereocenters. The molecule has 2 saturated heterocycles. The van der Waals surface area contributed by atoms with E-state index in [9.17, 15) is 18.0 Å². The lowest BCUT2D eigenvalue weighted by atomic mass is 9.97. The zero-order chi connectivity index (χ0) is 23.8. The molecule has 2 aliphatic heterocycles. The highest BCUT2D eigenvalue weighted by molar-refractivity contribution is 6.35. The first kappa shape index (κ1) is 22.9. The van der Waals surface area contributed by atoms with E-state index in [2.05, 4.69) is 20.6 Å². The molecule has 0 bridgehead atoms. The van der Waals surface area contributed by atoms with Crippen molar-refractivity contribution >= 4 is 40.0 Å². The van der Waals surface area contributed by atoms with Crippen molar-refractivity contribution in [2.45, 2.75) is 31.5 Å². The fourth-order valence-corrected chi connectivity index (χ4v) is 4.91. The molecular weight excluding hydrogens is 467 g/mol. The fraction of sp³-hybridized carbons (Fsp3) is 0.375. The zero-order valence-corrected chi connectivity index (χ0v) is 19.0. The van der Waals surface area contributed by atoms with Gasteiger partial charge >= 0.3 is 0 Å². The van der Waals surface area contributed by atoms with Gasteiger partial charge in [-0.15, -0.1) is 0 Å². The number of rotatable bonds is 4. The Morgan fingerprint density at radius 3 is 2.76 bits per heavy atom. The maximum absolute atomic E-state index is 14.5. The average molecular weight is 490 g/mol. The monoisotopic (exact) mass is 489 g/mol. The van der Waals surface area contributed by atoms with Gasteiger partial charge in [0.1, 0.15) is 29.1 Å². The van der Waals surface area contributed by atoms with E-state index < -0.39 is 23.8 Å². The minimum absolute atomic E-state index is 0.00714. The summed E-state index contributed by atoms with van der Waals surface area (Å²) in [6, 6.07) is 5.79. The van der Waals surface area contributed by atoms with Gasteiger partial charge in [0.15, 0.2) is 0 Å². The van der Waals surface area contributed by atoms with Gasteiger partial charge in [-0.25, -0.2) is 18.2 Å². The molecule has 4 heterocycles. The maximum Gasteiger partial charge on any atom is 0.227 e. The molecule has 2 fully saturated rings. The minimum Gasteiger partial charge on any atom is -0.346 e. The number of carbonyl (C=O) groups is 1. The third kappa shape index (κ3) is 4.42. The summed E-state index contributed by atoms with van der Waals surface area (Å²) >= 11 is 6.39. The van der Waals surface area contributed by atoms with Crippen LogP contribution in [0.1, 0.15) is 30.9 Å². The second-order valence-electron chi connectivity index (χ2n) is 8.70. The number of amides is 1. The molecule has 0 spiro atoms. The number of hydrogen-bond acceptors (Lipinski definition) is 5. The van der Waals surface area contributed by atoms with E-state index in [-0.39, 0.29) is 35.4 Å². The number of fused-ring (bicyclic) bond motifs is 1. The van der Waals surface area contributed by atoms with Crippen molar-refractivity contribution in [3.63, 3.8) is 0 Å². The molecular formula is C24H23ClF3N5O. The van der Waals surface area contributed by atoms with Crippen LogP contribution in [0.5, 0.6) is 0 Å². The van der Waals surface area contributed by atoms with Gasteiger partial charge in [0.05, 0.1) is 28.8 Å². The van der Waals surface area contributed by atoms with E-state index >= 15 is 0 Å². The summed E-state index contributed by atoms with van der Waals surface area (Å²) < 4.78 is 42.8. The molecule has 2 aromatic heterocycles. The predicted molar refractivity (Wildman–Crippen MR) is 125 cm³/mol. The molecule has 0 unspecified atom stereocenters. The fourth-order valence-electron chi connectivity index (χ4n) is 4.72. The lowest BCUT2D eigenvalue weighted by molar-refractivity contribution is -0.120. The molecule has 178 valence electrons. The highest BCUT2D eigenvalue weighted by atomic mass is 35.5. The van der Waals surface area contributed by atoms with Crippen molar-refractivity contribution < 1.29 is 18.0 Å². The van der Waals surface area contributed by atoms with E-state index in [1.54, 1.807) is 17.0 Å². The molecule has 1 aromatic carbocycles. The summed E-state index contributed by atoms with van der Waals surface area (Å²) in [4.78, 5) is 23.4. The molecule has 0 aliphatic carbocycles. The molecule has 34 heavy (non-hydrogen) atoms. The summed E-state index contributed by atoms with van der Waals surface area (Å²) in [5.74, 6) is -1.12. The Morgan fingerprint density at radius 2 is 1.97 bits per heavy atom. The van der Waals surface area contributed by atoms with Crippen LogP contribution in [-0.4, -0.2) is 41.7 Å². The smallest absolute Gasteiger partial charge is 0.227 e. The first-order valence-electron chi connectivity index (χ1n) is 11.2. The Morgan fingerprint density at radius 1 is 1.18 bits per heavy atom. The third-order valence-corrected chi connectivity index (χ3v) is 6.76. The number of aromatic nitrogens is 2. The summed E-state index contributed by atoms with van der Waals surface area (Å²) in [7, 11) is 0. The van der Waals surface area contributed by atoms with Crippen LogP contribution in [0.3, 0.4) is 0 Å². The van der Waals surface area contributed by atoms with Crippen LogP contribution in [0.4, 0.5) is 24.7 Å². The second-order valence-corrected chi connectivity index (χ2v) is 9.11. The minimum atomic E-state index is -1.23. The van der Waals surface area contributed by atoms with Crippen LogP contribution in [-0.2, 0) is 4.79 Å². The van der Waals surface area contributed by atoms with Gasteiger partial charge in [0.2, 0.25) is 5.91 Å². The van der Waals surface area contributed by atoms with Crippen LogP contribution in [0.2, 0.25) is 5.02 Å². The van der Waals surface area contributed by atoms with Crippen molar-refractivity contribution in [1.82, 2.24) is 15.3 Å². The molecule has 1 amide bonds. The normalized spacial score (nSPS) is 21.2. The molecule has 6 nitrogen and oxygen atoms in total. The number of hydrogen-bond donors (Lipinski definition) is 2. The van der Waals surface area contributed by atoms with Crippen LogP contribution >= 0.6 is 11.6 Å². The van der Waals surface area contributed by atoms with Gasteiger partial charge in [-0.1, -0.05) is 11.6 Å². The Balaban J connectivity index is 1.52. The van der Waals surface area contributed by atoms with E-state index in [1.165, 1.54) is 6.20 Å². The quantitative estimate of drug-likeness (QED) is 0.551. The topological polar surface area (TPSA) is 70.2 Å². The maximum atomic E-state index is 14.5. The Labute approximate surface area is 199 Å². The lowest BCUT2D eigenvalue weighted by Gasteiger charge is -2.26. The third-order valence-electron chi connectivity index (χ3n) is 6.47. The standard InChI is InChI=1S/C24H23ClF3N5O/c25-17-11-30-19-3-4-21(31-23(19)22(17)32-24(34)13-5-7-29-8-6-13)33-12-15(27)10-20(33)16-9-14(26)1-2-18(16)28/h1-4,9,11,13,15,20,29H,5-8,10,12H2,(H,30,32,34)/t15-,20+/m0/s1. The van der Waals surface area contributed by atoms with Crippen LogP contribution < -0.4 is 15.5 Å². The van der Waals surface area contributed by atoms with Crippen molar-refractivity contribution in [1.29, 1.82) is 0 Å². The van der Waals surface area contributed by atoms with Gasteiger partial charge in [-0.3, -0.25) is 9.78 Å². The number of pyridine rings is 2. The number of anilines is 2. The number of nitrogens with one attached hydrogen (secondary N) is 2. The van der Waals surface area contributed by atoms with E-state index in [4.69, 9.17) is 11.6 Å². The van der Waals surface area contributed by atoms with Crippen LogP contribution in [0, 0.1) is 17.6 Å². The predicted octanol–water partition coefficient (Wildman–Crippen LogP) is 4.79. The largest absolute Gasteiger partial charge is 0.346 e. The molecule has 2 aliphatic rings. The molecule has 3 aromatic rings. The van der Waals surface area contributed by atoms with E-state index in [0.717, 1.165) is 44.1 Å². The van der Waals surface area contributed by atoms with E-state index in [0.29, 0.717) is 22.5 Å². The molecule has 0 saturated carbocycles. The van der Waals surface area contributed by atoms with E-state index in [1.807, 2.05) is 0 Å². The molecule has 2 N–H and O–H groups in total. The second kappa shape index (κ2) is 9.38. The summed E-state index contributed by atoms with van der Waals surface area (Å²) in [6.07, 6.45) is 1.66. The summed E-state index contributed by atoms with van der Waals surface area (Å²) in [6.45, 7) is 1.51. The number of piperidine rings is 1. The summed E-state index contributed by atoms with van der Waals surface area (Å²) in [5, 5.41) is 6.37. The highest BCUT2D eigenvalue weighted by Gasteiger charge is 2.36. The summed E-state index contributed by atoms with van der Waals surface area (Å²) in [5.41, 5.74) is 1.26. The molecule has 10 heteroatoms. The zero-order valence-electron chi connectivity index (χ0n) is 18.2. The van der Waals surface area contributed by atoms with Crippen LogP contribution in [0.15, 0.2) is 36.5 Å². The van der Waals surface area contributed by atoms with Gasteiger partial charge in [-0.2, -0.15) is 0 Å². The van der Waals surface area contributed by atoms with Crippen molar-refractivity contribution in [3.05, 3.63) is 58.7 Å². The van der Waals surface area contributed by atoms with Crippen molar-refractivity contribution in [3.8, 4) is 0 Å². The van der Waals surface area contributed by atoms with Gasteiger partial charge in [0, 0.05) is 24.1 Å². The number of halogens is 4. The Bertz CT molecular complexity index is 1240. The number of carbonyl (C=O) groups excluding carboxylic acids is 1. The molecule has 0 radical (unpaired) electrons. The number of alkyl halides is 1. The Hall–Kier alpha value is -2.91. The van der Waals surface area contributed by atoms with Gasteiger partial charge in [0.25, 0.3) is 0 Å². The number of benzene rings is 1. The SMILES string of the molecule is O=C(Nc1c(Cl)cnc2ccc(N3C[C@@H](F)C[C@@H]3c3cc(F)ccc3F)nc12)C1CCNCC1. The first-order valence-corrected chi connectivity index (χ1v) is 11.6. The number of nitrogens with zero attached hydrogens (tertiary/aromatic N) is 3. The van der Waals surface area contributed by atoms with Gasteiger partial charge < -0.3 is 15.5 Å².